The summed E-state index contributed by atoms with van der Waals surface area (Å²) < 4.78 is 39.1. The highest BCUT2D eigenvalue weighted by Crippen LogP contribution is 2.35. The van der Waals surface area contributed by atoms with Gasteiger partial charge in [0.1, 0.15) is 0 Å². The fourth-order valence-corrected chi connectivity index (χ4v) is 3.73. The number of imidazole rings is 1. The predicted molar refractivity (Wildman–Crippen MR) is 93.8 cm³/mol. The van der Waals surface area contributed by atoms with Crippen molar-refractivity contribution in [3.8, 4) is 0 Å². The Morgan fingerprint density at radius 1 is 1.19 bits per heavy atom. The second-order valence-electron chi connectivity index (χ2n) is 7.40. The lowest BCUT2D eigenvalue weighted by atomic mass is 10.0. The van der Waals surface area contributed by atoms with Gasteiger partial charge in [0.25, 0.3) is 5.91 Å². The molecule has 0 atom stereocenters. The first-order chi connectivity index (χ1) is 12.8. The maximum atomic E-state index is 12.5. The van der Waals surface area contributed by atoms with Gasteiger partial charge in [0.05, 0.1) is 17.6 Å². The van der Waals surface area contributed by atoms with E-state index in [2.05, 4.69) is 10.3 Å². The number of fused-ring (bicyclic) bond motifs is 1. The molecule has 0 unspecified atom stereocenters. The number of H-pyrrole nitrogens is 1. The van der Waals surface area contributed by atoms with Crippen molar-refractivity contribution in [2.45, 2.75) is 43.9 Å². The van der Waals surface area contributed by atoms with Gasteiger partial charge in [-0.15, -0.1) is 0 Å². The van der Waals surface area contributed by atoms with E-state index in [1.165, 1.54) is 4.90 Å². The van der Waals surface area contributed by atoms with Crippen LogP contribution in [0.15, 0.2) is 23.0 Å². The van der Waals surface area contributed by atoms with Crippen LogP contribution in [0.3, 0.4) is 0 Å². The van der Waals surface area contributed by atoms with Crippen LogP contribution in [-0.4, -0.2) is 52.2 Å². The highest BCUT2D eigenvalue weighted by Gasteiger charge is 2.33. The number of nitrogens with one attached hydrogen (secondary N) is 2. The number of halogens is 3. The number of amides is 1. The molecule has 27 heavy (non-hydrogen) atoms. The van der Waals surface area contributed by atoms with E-state index in [0.29, 0.717) is 37.0 Å². The molecule has 0 radical (unpaired) electrons. The first kappa shape index (κ1) is 18.1. The number of piperidine rings is 1. The summed E-state index contributed by atoms with van der Waals surface area (Å²) in [6.45, 7) is -0.294. The van der Waals surface area contributed by atoms with E-state index in [1.54, 1.807) is 22.8 Å². The molecule has 4 rings (SSSR count). The van der Waals surface area contributed by atoms with Gasteiger partial charge < -0.3 is 10.3 Å². The van der Waals surface area contributed by atoms with Crippen LogP contribution in [0.4, 0.5) is 13.2 Å². The zero-order chi connectivity index (χ0) is 19.2. The molecular formula is C18H21F3N4O2. The van der Waals surface area contributed by atoms with Gasteiger partial charge in [-0.3, -0.25) is 14.3 Å². The van der Waals surface area contributed by atoms with Crippen LogP contribution in [0.25, 0.3) is 11.0 Å². The van der Waals surface area contributed by atoms with Gasteiger partial charge in [-0.05, 0) is 43.9 Å². The van der Waals surface area contributed by atoms with Gasteiger partial charge in [-0.25, -0.2) is 4.79 Å². The fraction of sp³-hybridized carbons (Fsp3) is 0.556. The third kappa shape index (κ3) is 4.02. The molecule has 2 N–H and O–H groups in total. The minimum absolute atomic E-state index is 0.146. The van der Waals surface area contributed by atoms with Crippen molar-refractivity contribution in [2.75, 3.05) is 19.6 Å². The van der Waals surface area contributed by atoms with Gasteiger partial charge in [0.15, 0.2) is 0 Å². The smallest absolute Gasteiger partial charge is 0.349 e. The second kappa shape index (κ2) is 6.70. The predicted octanol–water partition coefficient (Wildman–Crippen LogP) is 2.42. The molecule has 0 bridgehead atoms. The van der Waals surface area contributed by atoms with Crippen molar-refractivity contribution >= 4 is 16.9 Å². The number of carbonyl (C=O) groups excluding carboxylic acids is 1. The molecule has 1 aliphatic carbocycles. The van der Waals surface area contributed by atoms with Crippen LogP contribution in [0.5, 0.6) is 0 Å². The quantitative estimate of drug-likeness (QED) is 0.853. The summed E-state index contributed by atoms with van der Waals surface area (Å²) in [6.07, 6.45) is -1.25. The SMILES string of the molecule is O=C(NC1CCN(CC(F)(F)F)CC1)c1ccc2c(c1)[nH]c(=O)n2C1CC1. The number of alkyl halides is 3. The Balaban J connectivity index is 1.40. The molecule has 1 aromatic carbocycles. The maximum absolute atomic E-state index is 12.5. The summed E-state index contributed by atoms with van der Waals surface area (Å²) in [6, 6.07) is 5.21. The summed E-state index contributed by atoms with van der Waals surface area (Å²) >= 11 is 0. The molecule has 6 nitrogen and oxygen atoms in total. The number of hydrogen-bond donors (Lipinski definition) is 2. The Kier molecular flexibility index (Phi) is 4.49. The van der Waals surface area contributed by atoms with E-state index in [9.17, 15) is 22.8 Å². The lowest BCUT2D eigenvalue weighted by Crippen LogP contribution is -2.47. The molecule has 2 heterocycles. The van der Waals surface area contributed by atoms with E-state index in [1.807, 2.05) is 0 Å². The topological polar surface area (TPSA) is 70.1 Å². The summed E-state index contributed by atoms with van der Waals surface area (Å²) in [5, 5.41) is 2.89. The molecule has 1 aliphatic heterocycles. The highest BCUT2D eigenvalue weighted by atomic mass is 19.4. The van der Waals surface area contributed by atoms with E-state index in [-0.39, 0.29) is 23.7 Å². The minimum Gasteiger partial charge on any atom is -0.349 e. The number of carbonyl (C=O) groups is 1. The normalized spacial score (nSPS) is 19.5. The van der Waals surface area contributed by atoms with E-state index in [4.69, 9.17) is 0 Å². The van der Waals surface area contributed by atoms with Crippen LogP contribution >= 0.6 is 0 Å². The van der Waals surface area contributed by atoms with E-state index >= 15 is 0 Å². The minimum atomic E-state index is -4.20. The monoisotopic (exact) mass is 382 g/mol. The van der Waals surface area contributed by atoms with Gasteiger partial charge in [0, 0.05) is 30.7 Å². The van der Waals surface area contributed by atoms with Crippen molar-refractivity contribution in [2.24, 2.45) is 0 Å². The Labute approximate surface area is 153 Å². The van der Waals surface area contributed by atoms with Gasteiger partial charge >= 0.3 is 11.9 Å². The molecule has 2 aliphatic rings. The molecule has 9 heteroatoms. The lowest BCUT2D eigenvalue weighted by Gasteiger charge is -2.32. The third-order valence-electron chi connectivity index (χ3n) is 5.22. The average molecular weight is 382 g/mol. The molecule has 1 saturated carbocycles. The molecule has 1 aromatic heterocycles. The highest BCUT2D eigenvalue weighted by molar-refractivity contribution is 5.97. The van der Waals surface area contributed by atoms with Crippen molar-refractivity contribution in [1.29, 1.82) is 0 Å². The third-order valence-corrected chi connectivity index (χ3v) is 5.22. The molecule has 2 aromatic rings. The van der Waals surface area contributed by atoms with Crippen LogP contribution in [-0.2, 0) is 0 Å². The fourth-order valence-electron chi connectivity index (χ4n) is 3.73. The van der Waals surface area contributed by atoms with E-state index in [0.717, 1.165) is 18.4 Å². The number of benzene rings is 1. The number of hydrogen-bond acceptors (Lipinski definition) is 3. The van der Waals surface area contributed by atoms with Crippen LogP contribution in [0, 0.1) is 0 Å². The number of rotatable bonds is 4. The standard InChI is InChI=1S/C18H21F3N4O2/c19-18(20,21)10-24-7-5-12(6-8-24)22-16(26)11-1-4-15-14(9-11)23-17(27)25(15)13-2-3-13/h1,4,9,12-13H,2-3,5-8,10H2,(H,22,26)(H,23,27). The van der Waals surface area contributed by atoms with Crippen molar-refractivity contribution in [3.05, 3.63) is 34.2 Å². The summed E-state index contributed by atoms with van der Waals surface area (Å²) in [5.74, 6) is -0.272. The zero-order valence-electron chi connectivity index (χ0n) is 14.7. The average Bonchev–Trinajstić information content (AvgIpc) is 3.36. The number of aromatic amines is 1. The first-order valence-corrected chi connectivity index (χ1v) is 9.14. The molecular weight excluding hydrogens is 361 g/mol. The van der Waals surface area contributed by atoms with Gasteiger partial charge in [0.2, 0.25) is 0 Å². The molecule has 0 spiro atoms. The van der Waals surface area contributed by atoms with E-state index < -0.39 is 12.7 Å². The van der Waals surface area contributed by atoms with Crippen LogP contribution < -0.4 is 11.0 Å². The number of likely N-dealkylation sites (tertiary alicyclic amines) is 1. The zero-order valence-corrected chi connectivity index (χ0v) is 14.7. The van der Waals surface area contributed by atoms with Crippen LogP contribution in [0.2, 0.25) is 0 Å². The van der Waals surface area contributed by atoms with Crippen molar-refractivity contribution in [1.82, 2.24) is 19.8 Å². The Bertz CT molecular complexity index is 905. The van der Waals surface area contributed by atoms with Crippen LogP contribution in [0.1, 0.15) is 42.1 Å². The Morgan fingerprint density at radius 2 is 1.89 bits per heavy atom. The Hall–Kier alpha value is -2.29. The molecule has 146 valence electrons. The first-order valence-electron chi connectivity index (χ1n) is 9.14. The van der Waals surface area contributed by atoms with Gasteiger partial charge in [-0.1, -0.05) is 0 Å². The molecule has 1 saturated heterocycles. The maximum Gasteiger partial charge on any atom is 0.401 e. The lowest BCUT2D eigenvalue weighted by molar-refractivity contribution is -0.148. The summed E-state index contributed by atoms with van der Waals surface area (Å²) in [4.78, 5) is 28.7. The van der Waals surface area contributed by atoms with Gasteiger partial charge in [-0.2, -0.15) is 13.2 Å². The molecule has 1 amide bonds. The largest absolute Gasteiger partial charge is 0.401 e. The number of nitrogens with zero attached hydrogens (tertiary/aromatic N) is 2. The van der Waals surface area contributed by atoms with Crippen molar-refractivity contribution < 1.29 is 18.0 Å². The second-order valence-corrected chi connectivity index (χ2v) is 7.40. The number of aromatic nitrogens is 2. The summed E-state index contributed by atoms with van der Waals surface area (Å²) in [7, 11) is 0. The molecule has 2 fully saturated rings. The Morgan fingerprint density at radius 3 is 2.52 bits per heavy atom. The van der Waals surface area contributed by atoms with Crippen molar-refractivity contribution in [3.63, 3.8) is 0 Å². The summed E-state index contributed by atoms with van der Waals surface area (Å²) in [5.41, 5.74) is 1.69.